The third kappa shape index (κ3) is 3.14. The molecule has 66 valence electrons. The molecule has 0 radical (unpaired) electrons. The molecule has 0 fully saturated rings. The summed E-state index contributed by atoms with van der Waals surface area (Å²) in [7, 11) is 0. The fourth-order valence-electron chi connectivity index (χ4n) is 1.38. The van der Waals surface area contributed by atoms with Gasteiger partial charge >= 0.3 is 0 Å². The Bertz CT molecular complexity index is 136. The molecule has 2 unspecified atom stereocenters. The molecule has 2 nitrogen and oxygen atoms in total. The Morgan fingerprint density at radius 2 is 1.91 bits per heavy atom. The van der Waals surface area contributed by atoms with E-state index in [1.807, 2.05) is 20.8 Å². The third-order valence-electron chi connectivity index (χ3n) is 1.95. The minimum atomic E-state index is -0.207. The van der Waals surface area contributed by atoms with Crippen LogP contribution in [0.5, 0.6) is 0 Å². The quantitative estimate of drug-likeness (QED) is 0.622. The van der Waals surface area contributed by atoms with E-state index >= 15 is 0 Å². The maximum Gasteiger partial charge on any atom is 0.221 e. The lowest BCUT2D eigenvalue weighted by Crippen LogP contribution is -2.33. The molecule has 1 amide bonds. The van der Waals surface area contributed by atoms with Gasteiger partial charge in [-0.25, -0.2) is 0 Å². The van der Waals surface area contributed by atoms with Gasteiger partial charge in [0.25, 0.3) is 0 Å². The maximum absolute atomic E-state index is 10.9. The molecule has 0 bridgehead atoms. The van der Waals surface area contributed by atoms with Crippen LogP contribution >= 0.6 is 12.6 Å². The first kappa shape index (κ1) is 10.8. The summed E-state index contributed by atoms with van der Waals surface area (Å²) in [6, 6.07) is 0. The van der Waals surface area contributed by atoms with Gasteiger partial charge in [-0.1, -0.05) is 20.8 Å². The zero-order valence-corrected chi connectivity index (χ0v) is 8.27. The van der Waals surface area contributed by atoms with Crippen molar-refractivity contribution >= 4 is 18.5 Å². The lowest BCUT2D eigenvalue weighted by atomic mass is 9.85. The van der Waals surface area contributed by atoms with Gasteiger partial charge in [0.05, 0.1) is 0 Å². The Labute approximate surface area is 74.0 Å². The highest BCUT2D eigenvalue weighted by atomic mass is 32.1. The highest BCUT2D eigenvalue weighted by molar-refractivity contribution is 7.80. The van der Waals surface area contributed by atoms with Crippen molar-refractivity contribution in [2.75, 3.05) is 5.75 Å². The maximum atomic E-state index is 10.9. The SMILES string of the molecule is CC(C)C(C(N)=O)C(C)CS. The second-order valence-corrected chi connectivity index (χ2v) is 3.70. The molecule has 2 atom stereocenters. The summed E-state index contributed by atoms with van der Waals surface area (Å²) in [5.74, 6) is 1.06. The molecular weight excluding hydrogens is 158 g/mol. The molecule has 0 aliphatic heterocycles. The van der Waals surface area contributed by atoms with Gasteiger partial charge in [-0.05, 0) is 17.6 Å². The Kier molecular flexibility index (Phi) is 4.57. The standard InChI is InChI=1S/C8H17NOS/c1-5(2)7(8(9)10)6(3)4-11/h5-7,11H,4H2,1-3H3,(H2,9,10). The average molecular weight is 175 g/mol. The van der Waals surface area contributed by atoms with Crippen LogP contribution in [0.4, 0.5) is 0 Å². The highest BCUT2D eigenvalue weighted by Gasteiger charge is 2.24. The lowest BCUT2D eigenvalue weighted by molar-refractivity contribution is -0.124. The summed E-state index contributed by atoms with van der Waals surface area (Å²) in [6.45, 7) is 6.02. The van der Waals surface area contributed by atoms with Crippen molar-refractivity contribution in [2.45, 2.75) is 20.8 Å². The summed E-state index contributed by atoms with van der Waals surface area (Å²) in [5.41, 5.74) is 5.24. The molecule has 0 aromatic rings. The number of carbonyl (C=O) groups excluding carboxylic acids is 1. The van der Waals surface area contributed by atoms with Gasteiger partial charge in [0.15, 0.2) is 0 Å². The van der Waals surface area contributed by atoms with E-state index in [9.17, 15) is 4.79 Å². The fourth-order valence-corrected chi connectivity index (χ4v) is 1.61. The van der Waals surface area contributed by atoms with E-state index in [0.29, 0.717) is 11.7 Å². The molecule has 0 saturated carbocycles. The smallest absolute Gasteiger partial charge is 0.221 e. The van der Waals surface area contributed by atoms with Gasteiger partial charge in [-0.15, -0.1) is 0 Å². The normalized spacial score (nSPS) is 16.5. The van der Waals surface area contributed by atoms with Crippen LogP contribution in [0.15, 0.2) is 0 Å². The zero-order valence-electron chi connectivity index (χ0n) is 7.37. The van der Waals surface area contributed by atoms with Gasteiger partial charge in [-0.3, -0.25) is 4.79 Å². The van der Waals surface area contributed by atoms with Gasteiger partial charge in [-0.2, -0.15) is 12.6 Å². The molecule has 0 rings (SSSR count). The minimum absolute atomic E-state index is 0.0347. The monoisotopic (exact) mass is 175 g/mol. The lowest BCUT2D eigenvalue weighted by Gasteiger charge is -2.22. The molecule has 0 aromatic carbocycles. The summed E-state index contributed by atoms with van der Waals surface area (Å²) < 4.78 is 0. The number of nitrogens with two attached hydrogens (primary N) is 1. The van der Waals surface area contributed by atoms with E-state index < -0.39 is 0 Å². The number of amides is 1. The molecule has 3 heteroatoms. The molecule has 2 N–H and O–H groups in total. The van der Waals surface area contributed by atoms with E-state index in [2.05, 4.69) is 12.6 Å². The Morgan fingerprint density at radius 3 is 2.00 bits per heavy atom. The van der Waals surface area contributed by atoms with Crippen LogP contribution in [0, 0.1) is 17.8 Å². The fraction of sp³-hybridized carbons (Fsp3) is 0.875. The van der Waals surface area contributed by atoms with E-state index in [1.54, 1.807) is 0 Å². The summed E-state index contributed by atoms with van der Waals surface area (Å²) in [6.07, 6.45) is 0. The van der Waals surface area contributed by atoms with E-state index in [-0.39, 0.29) is 17.7 Å². The van der Waals surface area contributed by atoms with Crippen LogP contribution < -0.4 is 5.73 Å². The van der Waals surface area contributed by atoms with E-state index in [0.717, 1.165) is 0 Å². The van der Waals surface area contributed by atoms with Crippen molar-refractivity contribution in [2.24, 2.45) is 23.5 Å². The number of carbonyl (C=O) groups is 1. The van der Waals surface area contributed by atoms with Crippen molar-refractivity contribution in [3.05, 3.63) is 0 Å². The molecule has 0 saturated heterocycles. The number of hydrogen-bond acceptors (Lipinski definition) is 2. The number of rotatable bonds is 4. The van der Waals surface area contributed by atoms with Crippen LogP contribution in [0.2, 0.25) is 0 Å². The molecule has 0 aromatic heterocycles. The van der Waals surface area contributed by atoms with Crippen LogP contribution in [0.25, 0.3) is 0 Å². The third-order valence-corrected chi connectivity index (χ3v) is 2.52. The largest absolute Gasteiger partial charge is 0.369 e. The molecule has 0 spiro atoms. The Morgan fingerprint density at radius 1 is 1.45 bits per heavy atom. The Hall–Kier alpha value is -0.180. The van der Waals surface area contributed by atoms with E-state index in [4.69, 9.17) is 5.73 Å². The molecule has 0 aliphatic rings. The van der Waals surface area contributed by atoms with Crippen LogP contribution in [0.1, 0.15) is 20.8 Å². The Balaban J connectivity index is 4.21. The van der Waals surface area contributed by atoms with Gasteiger partial charge in [0.1, 0.15) is 0 Å². The first-order valence-corrected chi connectivity index (χ1v) is 4.54. The predicted molar refractivity (Wildman–Crippen MR) is 50.5 cm³/mol. The number of primary amides is 1. The van der Waals surface area contributed by atoms with Crippen LogP contribution in [-0.2, 0) is 4.79 Å². The predicted octanol–water partition coefficient (Wildman–Crippen LogP) is 1.31. The van der Waals surface area contributed by atoms with E-state index in [1.165, 1.54) is 0 Å². The van der Waals surface area contributed by atoms with Gasteiger partial charge in [0.2, 0.25) is 5.91 Å². The second kappa shape index (κ2) is 4.65. The van der Waals surface area contributed by atoms with Crippen molar-refractivity contribution in [3.8, 4) is 0 Å². The molecule has 0 heterocycles. The highest BCUT2D eigenvalue weighted by Crippen LogP contribution is 2.21. The number of thiol groups is 1. The molecule has 0 aliphatic carbocycles. The summed E-state index contributed by atoms with van der Waals surface area (Å²) in [5, 5.41) is 0. The van der Waals surface area contributed by atoms with Gasteiger partial charge in [0, 0.05) is 5.92 Å². The molecule has 11 heavy (non-hydrogen) atoms. The van der Waals surface area contributed by atoms with Crippen molar-refractivity contribution < 1.29 is 4.79 Å². The first-order chi connectivity index (χ1) is 5.00. The minimum Gasteiger partial charge on any atom is -0.369 e. The van der Waals surface area contributed by atoms with Crippen molar-refractivity contribution in [3.63, 3.8) is 0 Å². The van der Waals surface area contributed by atoms with Gasteiger partial charge < -0.3 is 5.73 Å². The summed E-state index contributed by atoms with van der Waals surface area (Å²) >= 11 is 4.14. The van der Waals surface area contributed by atoms with Crippen LogP contribution in [0.3, 0.4) is 0 Å². The summed E-state index contributed by atoms with van der Waals surface area (Å²) in [4.78, 5) is 10.9. The van der Waals surface area contributed by atoms with Crippen LogP contribution in [-0.4, -0.2) is 11.7 Å². The topological polar surface area (TPSA) is 43.1 Å². The first-order valence-electron chi connectivity index (χ1n) is 3.90. The second-order valence-electron chi connectivity index (χ2n) is 3.33. The zero-order chi connectivity index (χ0) is 9.02. The van der Waals surface area contributed by atoms with Crippen molar-refractivity contribution in [1.82, 2.24) is 0 Å². The average Bonchev–Trinajstić information content (AvgIpc) is 1.85. The molecular formula is C8H17NOS. The van der Waals surface area contributed by atoms with Crippen molar-refractivity contribution in [1.29, 1.82) is 0 Å². The number of hydrogen-bond donors (Lipinski definition) is 2.